The highest BCUT2D eigenvalue weighted by Crippen LogP contribution is 2.25. The predicted molar refractivity (Wildman–Crippen MR) is 94.9 cm³/mol. The number of para-hydroxylation sites is 1. The summed E-state index contributed by atoms with van der Waals surface area (Å²) in [4.78, 5) is 0. The molecule has 0 amide bonds. The first-order valence-electron chi connectivity index (χ1n) is 7.50. The third kappa shape index (κ3) is 4.08. The summed E-state index contributed by atoms with van der Waals surface area (Å²) < 4.78 is 11.7. The van der Waals surface area contributed by atoms with Crippen LogP contribution in [0.4, 0.5) is 0 Å². The van der Waals surface area contributed by atoms with Gasteiger partial charge in [0.2, 0.25) is 0 Å². The van der Waals surface area contributed by atoms with Crippen LogP contribution in [0.25, 0.3) is 0 Å². The Morgan fingerprint density at radius 1 is 0.955 bits per heavy atom. The maximum Gasteiger partial charge on any atom is 0.167 e. The van der Waals surface area contributed by atoms with E-state index in [1.165, 1.54) is 11.1 Å². The molecule has 0 unspecified atom stereocenters. The van der Waals surface area contributed by atoms with Crippen molar-refractivity contribution in [3.05, 3.63) is 58.7 Å². The number of ether oxygens (including phenoxy) is 2. The molecule has 0 aliphatic rings. The quantitative estimate of drug-likeness (QED) is 0.697. The van der Waals surface area contributed by atoms with Crippen LogP contribution in [0.1, 0.15) is 35.6 Å². The molecule has 0 heterocycles. The van der Waals surface area contributed by atoms with Gasteiger partial charge in [0, 0.05) is 12.0 Å². The summed E-state index contributed by atoms with van der Waals surface area (Å²) in [5, 5.41) is 0.592. The van der Waals surface area contributed by atoms with Crippen LogP contribution in [0.3, 0.4) is 0 Å². The van der Waals surface area contributed by atoms with Crippen LogP contribution in [0.5, 0.6) is 11.5 Å². The van der Waals surface area contributed by atoms with Crippen LogP contribution in [0.2, 0.25) is 0 Å². The van der Waals surface area contributed by atoms with Gasteiger partial charge in [-0.05, 0) is 61.8 Å². The molecule has 0 radical (unpaired) electrons. The van der Waals surface area contributed by atoms with Crippen molar-refractivity contribution in [1.29, 1.82) is 0 Å². The SMILES string of the molecule is CCC(=S)Oc1ccccc1COc1cc(C)c(C)cc1C. The van der Waals surface area contributed by atoms with Gasteiger partial charge in [-0.25, -0.2) is 0 Å². The van der Waals surface area contributed by atoms with Crippen molar-refractivity contribution in [2.45, 2.75) is 40.7 Å². The Labute approximate surface area is 138 Å². The van der Waals surface area contributed by atoms with Crippen LogP contribution in [-0.2, 0) is 6.61 Å². The number of rotatable bonds is 5. The minimum atomic E-state index is 0.464. The molecule has 2 nitrogen and oxygen atoms in total. The Kier molecular flexibility index (Phi) is 5.56. The minimum absolute atomic E-state index is 0.464. The normalized spacial score (nSPS) is 10.4. The maximum atomic E-state index is 5.99. The topological polar surface area (TPSA) is 18.5 Å². The Bertz CT molecular complexity index is 677. The van der Waals surface area contributed by atoms with E-state index < -0.39 is 0 Å². The van der Waals surface area contributed by atoms with Crippen molar-refractivity contribution in [2.24, 2.45) is 0 Å². The summed E-state index contributed by atoms with van der Waals surface area (Å²) in [5.41, 5.74) is 4.65. The maximum absolute atomic E-state index is 5.99. The van der Waals surface area contributed by atoms with Gasteiger partial charge in [0.1, 0.15) is 18.1 Å². The fraction of sp³-hybridized carbons (Fsp3) is 0.316. The molecule has 0 saturated heterocycles. The van der Waals surface area contributed by atoms with Gasteiger partial charge < -0.3 is 9.47 Å². The van der Waals surface area contributed by atoms with Gasteiger partial charge in [-0.15, -0.1) is 0 Å². The van der Waals surface area contributed by atoms with Crippen LogP contribution in [0, 0.1) is 20.8 Å². The Morgan fingerprint density at radius 2 is 1.64 bits per heavy atom. The van der Waals surface area contributed by atoms with E-state index in [1.54, 1.807) is 0 Å². The van der Waals surface area contributed by atoms with Gasteiger partial charge in [-0.1, -0.05) is 31.2 Å². The first-order chi connectivity index (χ1) is 10.5. The third-order valence-electron chi connectivity index (χ3n) is 3.66. The number of benzene rings is 2. The highest BCUT2D eigenvalue weighted by atomic mass is 32.1. The molecular weight excluding hydrogens is 292 g/mol. The molecule has 0 aliphatic heterocycles. The standard InChI is InChI=1S/C19H22O2S/c1-5-19(22)21-17-9-7-6-8-16(17)12-20-18-11-14(3)13(2)10-15(18)4/h6-11H,5,12H2,1-4H3. The molecule has 0 bridgehead atoms. The molecule has 2 aromatic carbocycles. The molecule has 0 fully saturated rings. The van der Waals surface area contributed by atoms with Crippen molar-refractivity contribution in [2.75, 3.05) is 0 Å². The van der Waals surface area contributed by atoms with Crippen molar-refractivity contribution < 1.29 is 9.47 Å². The van der Waals surface area contributed by atoms with E-state index in [4.69, 9.17) is 21.7 Å². The number of aryl methyl sites for hydroxylation is 3. The van der Waals surface area contributed by atoms with Gasteiger partial charge in [0.15, 0.2) is 5.05 Å². The lowest BCUT2D eigenvalue weighted by Gasteiger charge is -2.14. The monoisotopic (exact) mass is 314 g/mol. The van der Waals surface area contributed by atoms with Gasteiger partial charge in [0.25, 0.3) is 0 Å². The molecule has 0 saturated carbocycles. The molecule has 2 aromatic rings. The van der Waals surface area contributed by atoms with Gasteiger partial charge in [-0.2, -0.15) is 0 Å². The molecule has 0 aliphatic carbocycles. The molecule has 22 heavy (non-hydrogen) atoms. The fourth-order valence-corrected chi connectivity index (χ4v) is 2.25. The third-order valence-corrected chi connectivity index (χ3v) is 4.03. The average Bonchev–Trinajstić information content (AvgIpc) is 2.50. The molecular formula is C19H22O2S. The lowest BCUT2D eigenvalue weighted by atomic mass is 10.1. The summed E-state index contributed by atoms with van der Waals surface area (Å²) in [5.74, 6) is 1.69. The predicted octanol–water partition coefficient (Wildman–Crippen LogP) is 5.31. The Balaban J connectivity index is 2.15. The zero-order valence-electron chi connectivity index (χ0n) is 13.6. The van der Waals surface area contributed by atoms with Crippen LogP contribution in [-0.4, -0.2) is 5.05 Å². The summed E-state index contributed by atoms with van der Waals surface area (Å²) in [6.45, 7) is 8.72. The van der Waals surface area contributed by atoms with Crippen LogP contribution >= 0.6 is 12.2 Å². The first-order valence-corrected chi connectivity index (χ1v) is 7.91. The van der Waals surface area contributed by atoms with Gasteiger partial charge in [-0.3, -0.25) is 0 Å². The molecule has 3 heteroatoms. The van der Waals surface area contributed by atoms with E-state index in [2.05, 4.69) is 32.9 Å². The molecule has 0 aromatic heterocycles. The highest BCUT2D eigenvalue weighted by Gasteiger charge is 2.08. The van der Waals surface area contributed by atoms with Crippen molar-refractivity contribution >= 4 is 17.3 Å². The zero-order chi connectivity index (χ0) is 16.1. The van der Waals surface area contributed by atoms with Crippen LogP contribution < -0.4 is 9.47 Å². The van der Waals surface area contributed by atoms with Crippen LogP contribution in [0.15, 0.2) is 36.4 Å². The van der Waals surface area contributed by atoms with E-state index in [-0.39, 0.29) is 0 Å². The van der Waals surface area contributed by atoms with E-state index >= 15 is 0 Å². The second-order valence-electron chi connectivity index (χ2n) is 5.43. The zero-order valence-corrected chi connectivity index (χ0v) is 14.4. The molecule has 116 valence electrons. The van der Waals surface area contributed by atoms with Crippen molar-refractivity contribution in [1.82, 2.24) is 0 Å². The first kappa shape index (κ1) is 16.5. The van der Waals surface area contributed by atoms with E-state index in [9.17, 15) is 0 Å². The van der Waals surface area contributed by atoms with Crippen molar-refractivity contribution in [3.8, 4) is 11.5 Å². The minimum Gasteiger partial charge on any atom is -0.488 e. The van der Waals surface area contributed by atoms with Crippen molar-refractivity contribution in [3.63, 3.8) is 0 Å². The summed E-state index contributed by atoms with van der Waals surface area (Å²) in [6, 6.07) is 12.1. The molecule has 2 rings (SSSR count). The summed E-state index contributed by atoms with van der Waals surface area (Å²) in [7, 11) is 0. The largest absolute Gasteiger partial charge is 0.488 e. The molecule has 0 N–H and O–H groups in total. The van der Waals surface area contributed by atoms with Gasteiger partial charge >= 0.3 is 0 Å². The highest BCUT2D eigenvalue weighted by molar-refractivity contribution is 7.80. The second-order valence-corrected chi connectivity index (χ2v) is 5.88. The fourth-order valence-electron chi connectivity index (χ4n) is 2.16. The number of hydrogen-bond donors (Lipinski definition) is 0. The van der Waals surface area contributed by atoms with E-state index in [1.807, 2.05) is 31.2 Å². The molecule has 0 atom stereocenters. The smallest absolute Gasteiger partial charge is 0.167 e. The summed E-state index contributed by atoms with van der Waals surface area (Å²) in [6.07, 6.45) is 0.723. The average molecular weight is 314 g/mol. The lowest BCUT2D eigenvalue weighted by molar-refractivity contribution is 0.299. The number of thiocarbonyl (C=S) groups is 1. The molecule has 0 spiro atoms. The number of hydrogen-bond acceptors (Lipinski definition) is 3. The van der Waals surface area contributed by atoms with E-state index in [0.29, 0.717) is 11.7 Å². The summed E-state index contributed by atoms with van der Waals surface area (Å²) >= 11 is 5.16. The Morgan fingerprint density at radius 3 is 2.36 bits per heavy atom. The van der Waals surface area contributed by atoms with E-state index in [0.717, 1.165) is 29.0 Å². The van der Waals surface area contributed by atoms with Gasteiger partial charge in [0.05, 0.1) is 0 Å². The Hall–Kier alpha value is -1.87. The lowest BCUT2D eigenvalue weighted by Crippen LogP contribution is -2.07. The second kappa shape index (κ2) is 7.41.